The van der Waals surface area contributed by atoms with E-state index in [-0.39, 0.29) is 0 Å². The third-order valence-electron chi connectivity index (χ3n) is 1.81. The second-order valence-electron chi connectivity index (χ2n) is 3.21. The van der Waals surface area contributed by atoms with Crippen LogP contribution in [0, 0.1) is 3.57 Å². The van der Waals surface area contributed by atoms with Crippen molar-refractivity contribution in [1.82, 2.24) is 19.7 Å². The smallest absolute Gasteiger partial charge is 0.226 e. The predicted molar refractivity (Wildman–Crippen MR) is 66.2 cm³/mol. The summed E-state index contributed by atoms with van der Waals surface area (Å²) in [7, 11) is 3.82. The zero-order valence-electron chi connectivity index (χ0n) is 8.42. The van der Waals surface area contributed by atoms with Gasteiger partial charge in [-0.2, -0.15) is 10.1 Å². The number of aromatic nitrogens is 4. The molecule has 0 fully saturated rings. The van der Waals surface area contributed by atoms with Crippen molar-refractivity contribution in [3.63, 3.8) is 0 Å². The number of nitrogens with zero attached hydrogens (tertiary/aromatic N) is 5. The van der Waals surface area contributed by atoms with Crippen molar-refractivity contribution < 1.29 is 0 Å². The lowest BCUT2D eigenvalue weighted by Crippen LogP contribution is -2.13. The lowest BCUT2D eigenvalue weighted by Gasteiger charge is -2.10. The van der Waals surface area contributed by atoms with E-state index in [0.717, 1.165) is 9.39 Å². The number of hydrogen-bond donors (Lipinski definition) is 0. The molecule has 6 heteroatoms. The van der Waals surface area contributed by atoms with Gasteiger partial charge in [0.2, 0.25) is 5.95 Å². The molecule has 2 aromatic heterocycles. The highest BCUT2D eigenvalue weighted by atomic mass is 127. The van der Waals surface area contributed by atoms with Crippen LogP contribution in [-0.2, 0) is 0 Å². The van der Waals surface area contributed by atoms with Crippen LogP contribution in [0.25, 0.3) is 5.82 Å². The molecule has 0 N–H and O–H groups in total. The maximum atomic E-state index is 4.37. The Labute approximate surface area is 101 Å². The fraction of sp³-hybridized carbons (Fsp3) is 0.222. The van der Waals surface area contributed by atoms with Gasteiger partial charge in [-0.3, -0.25) is 0 Å². The third-order valence-corrected chi connectivity index (χ3v) is 2.37. The molecule has 0 saturated heterocycles. The molecule has 2 aromatic rings. The number of hydrogen-bond acceptors (Lipinski definition) is 4. The maximum absolute atomic E-state index is 4.37. The Morgan fingerprint density at radius 2 is 2.20 bits per heavy atom. The van der Waals surface area contributed by atoms with Crippen molar-refractivity contribution in [3.8, 4) is 5.82 Å². The Kier molecular flexibility index (Phi) is 2.85. The molecule has 0 saturated carbocycles. The standard InChI is InChI=1S/C9H10IN5/c1-14(2)9-11-4-3-8(13-9)15-6-7(10)5-12-15/h3-6H,1-2H3. The lowest BCUT2D eigenvalue weighted by molar-refractivity contribution is 0.831. The van der Waals surface area contributed by atoms with Gasteiger partial charge in [0.05, 0.1) is 9.77 Å². The second kappa shape index (κ2) is 4.13. The van der Waals surface area contributed by atoms with Crippen LogP contribution in [0.3, 0.4) is 0 Å². The second-order valence-corrected chi connectivity index (χ2v) is 4.46. The van der Waals surface area contributed by atoms with Crippen LogP contribution in [0.2, 0.25) is 0 Å². The van der Waals surface area contributed by atoms with Gasteiger partial charge in [0.15, 0.2) is 5.82 Å². The first-order valence-corrected chi connectivity index (χ1v) is 5.45. The first-order chi connectivity index (χ1) is 7.16. The molecule has 78 valence electrons. The normalized spacial score (nSPS) is 10.3. The average Bonchev–Trinajstić information content (AvgIpc) is 2.65. The Morgan fingerprint density at radius 3 is 2.80 bits per heavy atom. The highest BCUT2D eigenvalue weighted by Gasteiger charge is 2.03. The third kappa shape index (κ3) is 2.25. The van der Waals surface area contributed by atoms with Crippen LogP contribution in [-0.4, -0.2) is 33.8 Å². The van der Waals surface area contributed by atoms with Gasteiger partial charge in [-0.25, -0.2) is 9.67 Å². The van der Waals surface area contributed by atoms with E-state index in [0.29, 0.717) is 5.95 Å². The van der Waals surface area contributed by atoms with Gasteiger partial charge in [0.1, 0.15) is 0 Å². The summed E-state index contributed by atoms with van der Waals surface area (Å²) in [5.74, 6) is 1.45. The van der Waals surface area contributed by atoms with E-state index in [9.17, 15) is 0 Å². The van der Waals surface area contributed by atoms with Gasteiger partial charge in [-0.15, -0.1) is 0 Å². The molecular formula is C9H10IN5. The molecular weight excluding hydrogens is 305 g/mol. The van der Waals surface area contributed by atoms with E-state index in [4.69, 9.17) is 0 Å². The highest BCUT2D eigenvalue weighted by molar-refractivity contribution is 14.1. The Hall–Kier alpha value is -1.18. The summed E-state index contributed by atoms with van der Waals surface area (Å²) in [6.07, 6.45) is 5.44. The molecule has 2 heterocycles. The molecule has 0 radical (unpaired) electrons. The van der Waals surface area contributed by atoms with Crippen LogP contribution >= 0.6 is 22.6 Å². The van der Waals surface area contributed by atoms with Gasteiger partial charge in [-0.05, 0) is 22.6 Å². The van der Waals surface area contributed by atoms with E-state index in [2.05, 4.69) is 37.7 Å². The van der Waals surface area contributed by atoms with Crippen molar-refractivity contribution in [2.75, 3.05) is 19.0 Å². The molecule has 0 aliphatic carbocycles. The van der Waals surface area contributed by atoms with E-state index in [1.165, 1.54) is 0 Å². The molecule has 0 spiro atoms. The van der Waals surface area contributed by atoms with Gasteiger partial charge in [0.25, 0.3) is 0 Å². The van der Waals surface area contributed by atoms with Crippen molar-refractivity contribution in [2.45, 2.75) is 0 Å². The topological polar surface area (TPSA) is 46.8 Å². The average molecular weight is 315 g/mol. The minimum absolute atomic E-state index is 0.679. The SMILES string of the molecule is CN(C)c1nccc(-n2cc(I)cn2)n1. The molecule has 2 rings (SSSR count). The molecule has 0 unspecified atom stereocenters. The van der Waals surface area contributed by atoms with Gasteiger partial charge in [0, 0.05) is 32.6 Å². The fourth-order valence-electron chi connectivity index (χ4n) is 1.11. The van der Waals surface area contributed by atoms with Crippen LogP contribution in [0.5, 0.6) is 0 Å². The van der Waals surface area contributed by atoms with E-state index in [1.54, 1.807) is 17.1 Å². The molecule has 0 aliphatic rings. The zero-order valence-corrected chi connectivity index (χ0v) is 10.6. The Bertz CT molecular complexity index is 465. The number of rotatable bonds is 2. The van der Waals surface area contributed by atoms with Crippen LogP contribution in [0.15, 0.2) is 24.7 Å². The summed E-state index contributed by atoms with van der Waals surface area (Å²) in [5, 5.41) is 4.19. The molecule has 0 aromatic carbocycles. The summed E-state index contributed by atoms with van der Waals surface area (Å²) in [4.78, 5) is 10.4. The lowest BCUT2D eigenvalue weighted by atomic mass is 10.6. The molecule has 15 heavy (non-hydrogen) atoms. The van der Waals surface area contributed by atoms with Crippen LogP contribution in [0.4, 0.5) is 5.95 Å². The molecule has 0 aliphatic heterocycles. The Balaban J connectivity index is 2.41. The van der Waals surface area contributed by atoms with Crippen molar-refractivity contribution in [2.24, 2.45) is 0 Å². The van der Waals surface area contributed by atoms with Crippen molar-refractivity contribution in [3.05, 3.63) is 28.2 Å². The van der Waals surface area contributed by atoms with Crippen LogP contribution in [0.1, 0.15) is 0 Å². The van der Waals surface area contributed by atoms with Crippen molar-refractivity contribution in [1.29, 1.82) is 0 Å². The summed E-state index contributed by atoms with van der Waals surface area (Å²) in [6, 6.07) is 1.83. The minimum Gasteiger partial charge on any atom is -0.347 e. The highest BCUT2D eigenvalue weighted by Crippen LogP contribution is 2.09. The largest absolute Gasteiger partial charge is 0.347 e. The molecule has 0 atom stereocenters. The van der Waals surface area contributed by atoms with E-state index in [1.807, 2.05) is 31.3 Å². The number of anilines is 1. The Morgan fingerprint density at radius 1 is 1.40 bits per heavy atom. The first kappa shape index (κ1) is 10.3. The first-order valence-electron chi connectivity index (χ1n) is 4.38. The van der Waals surface area contributed by atoms with Crippen molar-refractivity contribution >= 4 is 28.5 Å². The predicted octanol–water partition coefficient (Wildman–Crippen LogP) is 1.33. The summed E-state index contributed by atoms with van der Waals surface area (Å²) < 4.78 is 2.81. The van der Waals surface area contributed by atoms with E-state index < -0.39 is 0 Å². The summed E-state index contributed by atoms with van der Waals surface area (Å²) in [6.45, 7) is 0. The van der Waals surface area contributed by atoms with E-state index >= 15 is 0 Å². The van der Waals surface area contributed by atoms with Gasteiger partial charge >= 0.3 is 0 Å². The monoisotopic (exact) mass is 315 g/mol. The quantitative estimate of drug-likeness (QED) is 0.785. The minimum atomic E-state index is 0.679. The maximum Gasteiger partial charge on any atom is 0.226 e. The molecule has 0 amide bonds. The summed E-state index contributed by atoms with van der Waals surface area (Å²) >= 11 is 2.21. The van der Waals surface area contributed by atoms with Gasteiger partial charge in [-0.1, -0.05) is 0 Å². The van der Waals surface area contributed by atoms with Gasteiger partial charge < -0.3 is 4.90 Å². The summed E-state index contributed by atoms with van der Waals surface area (Å²) in [5.41, 5.74) is 0. The zero-order chi connectivity index (χ0) is 10.8. The molecule has 5 nitrogen and oxygen atoms in total. The number of halogens is 1. The molecule has 0 bridgehead atoms. The van der Waals surface area contributed by atoms with Crippen LogP contribution < -0.4 is 4.90 Å². The fourth-order valence-corrected chi connectivity index (χ4v) is 1.50.